The van der Waals surface area contributed by atoms with Crippen LogP contribution in [0.15, 0.2) is 18.2 Å². The van der Waals surface area contributed by atoms with E-state index in [-0.39, 0.29) is 6.54 Å². The molecule has 0 atom stereocenters. The first-order valence-corrected chi connectivity index (χ1v) is 3.81. The summed E-state index contributed by atoms with van der Waals surface area (Å²) < 4.78 is 4.98. The van der Waals surface area contributed by atoms with Gasteiger partial charge < -0.3 is 9.94 Å². The van der Waals surface area contributed by atoms with E-state index in [1.54, 1.807) is 25.3 Å². The minimum Gasteiger partial charge on any atom is -0.497 e. The lowest BCUT2D eigenvalue weighted by molar-refractivity contribution is 0.112. The zero-order chi connectivity index (χ0) is 9.68. The van der Waals surface area contributed by atoms with Gasteiger partial charge in [-0.2, -0.15) is 0 Å². The Bertz CT molecular complexity index is 299. The van der Waals surface area contributed by atoms with Crippen molar-refractivity contribution in [2.75, 3.05) is 7.11 Å². The number of carbonyl (C=O) groups excluding carboxylic acids is 1. The van der Waals surface area contributed by atoms with Gasteiger partial charge in [0.1, 0.15) is 12.0 Å². The number of carbonyl (C=O) groups is 1. The average molecular weight is 181 g/mol. The molecule has 0 saturated carbocycles. The summed E-state index contributed by atoms with van der Waals surface area (Å²) in [5, 5.41) is 8.50. The van der Waals surface area contributed by atoms with E-state index in [1.165, 1.54) is 0 Å². The van der Waals surface area contributed by atoms with E-state index in [1.807, 2.05) is 5.48 Å². The molecule has 2 N–H and O–H groups in total. The molecule has 0 aliphatic heterocycles. The Balaban J connectivity index is 3.02. The Morgan fingerprint density at radius 1 is 1.62 bits per heavy atom. The van der Waals surface area contributed by atoms with Crippen LogP contribution in [0, 0.1) is 0 Å². The van der Waals surface area contributed by atoms with Crippen LogP contribution >= 0.6 is 0 Å². The Morgan fingerprint density at radius 2 is 2.38 bits per heavy atom. The van der Waals surface area contributed by atoms with Gasteiger partial charge in [-0.25, -0.2) is 5.48 Å². The topological polar surface area (TPSA) is 58.6 Å². The van der Waals surface area contributed by atoms with Gasteiger partial charge >= 0.3 is 0 Å². The summed E-state index contributed by atoms with van der Waals surface area (Å²) in [6.45, 7) is 0.227. The molecule has 1 aromatic rings. The van der Waals surface area contributed by atoms with Crippen LogP contribution < -0.4 is 10.2 Å². The number of hydrogen-bond donors (Lipinski definition) is 2. The van der Waals surface area contributed by atoms with Crippen LogP contribution in [0.4, 0.5) is 0 Å². The van der Waals surface area contributed by atoms with Crippen LogP contribution in [-0.4, -0.2) is 18.6 Å². The predicted octanol–water partition coefficient (Wildman–Crippen LogP) is 0.986. The number of rotatable bonds is 4. The smallest absolute Gasteiger partial charge is 0.150 e. The number of hydrogen-bond acceptors (Lipinski definition) is 4. The second-order valence-electron chi connectivity index (χ2n) is 2.52. The van der Waals surface area contributed by atoms with Crippen LogP contribution in [0.1, 0.15) is 15.9 Å². The van der Waals surface area contributed by atoms with Crippen LogP contribution in [-0.2, 0) is 6.54 Å². The van der Waals surface area contributed by atoms with Crippen molar-refractivity contribution in [3.63, 3.8) is 0 Å². The molecule has 4 nitrogen and oxygen atoms in total. The van der Waals surface area contributed by atoms with Gasteiger partial charge in [0.25, 0.3) is 0 Å². The summed E-state index contributed by atoms with van der Waals surface area (Å²) in [5.41, 5.74) is 3.24. The lowest BCUT2D eigenvalue weighted by Crippen LogP contribution is -2.08. The van der Waals surface area contributed by atoms with Gasteiger partial charge in [0, 0.05) is 12.1 Å². The zero-order valence-electron chi connectivity index (χ0n) is 7.28. The molecule has 0 bridgehead atoms. The second-order valence-corrected chi connectivity index (χ2v) is 2.52. The summed E-state index contributed by atoms with van der Waals surface area (Å²) in [6.07, 6.45) is 0.742. The molecule has 0 spiro atoms. The summed E-state index contributed by atoms with van der Waals surface area (Å²) >= 11 is 0. The Morgan fingerprint density at radius 3 is 2.92 bits per heavy atom. The molecule has 1 aromatic carbocycles. The van der Waals surface area contributed by atoms with Gasteiger partial charge in [0.15, 0.2) is 0 Å². The molecule has 0 aliphatic rings. The van der Waals surface area contributed by atoms with Crippen molar-refractivity contribution in [2.24, 2.45) is 0 Å². The Kier molecular flexibility index (Phi) is 3.42. The molecule has 0 radical (unpaired) electrons. The SMILES string of the molecule is COc1ccc(C=O)c(CNO)c1. The third-order valence-corrected chi connectivity index (χ3v) is 1.75. The highest BCUT2D eigenvalue weighted by molar-refractivity contribution is 5.77. The van der Waals surface area contributed by atoms with Crippen LogP contribution in [0.5, 0.6) is 5.75 Å². The number of benzene rings is 1. The predicted molar refractivity (Wildman–Crippen MR) is 47.0 cm³/mol. The van der Waals surface area contributed by atoms with E-state index in [2.05, 4.69) is 0 Å². The molecule has 70 valence electrons. The van der Waals surface area contributed by atoms with Crippen molar-refractivity contribution < 1.29 is 14.7 Å². The van der Waals surface area contributed by atoms with E-state index in [4.69, 9.17) is 9.94 Å². The number of nitrogens with one attached hydrogen (secondary N) is 1. The van der Waals surface area contributed by atoms with Crippen molar-refractivity contribution in [3.05, 3.63) is 29.3 Å². The van der Waals surface area contributed by atoms with Crippen molar-refractivity contribution in [3.8, 4) is 5.75 Å². The highest BCUT2D eigenvalue weighted by Crippen LogP contribution is 2.16. The summed E-state index contributed by atoms with van der Waals surface area (Å²) in [7, 11) is 1.55. The Hall–Kier alpha value is -1.39. The first-order chi connectivity index (χ1) is 6.31. The maximum atomic E-state index is 10.6. The number of hydroxylamine groups is 1. The molecule has 0 aromatic heterocycles. The first kappa shape index (κ1) is 9.70. The van der Waals surface area contributed by atoms with Gasteiger partial charge in [0.2, 0.25) is 0 Å². The number of aldehydes is 1. The highest BCUT2D eigenvalue weighted by Gasteiger charge is 2.02. The van der Waals surface area contributed by atoms with E-state index in [9.17, 15) is 4.79 Å². The van der Waals surface area contributed by atoms with E-state index < -0.39 is 0 Å². The largest absolute Gasteiger partial charge is 0.497 e. The van der Waals surface area contributed by atoms with Crippen LogP contribution in [0.3, 0.4) is 0 Å². The molecule has 0 fully saturated rings. The maximum absolute atomic E-state index is 10.6. The maximum Gasteiger partial charge on any atom is 0.150 e. The van der Waals surface area contributed by atoms with Gasteiger partial charge in [-0.1, -0.05) is 0 Å². The van der Waals surface area contributed by atoms with Gasteiger partial charge in [-0.15, -0.1) is 0 Å². The number of methoxy groups -OCH3 is 1. The molecule has 4 heteroatoms. The van der Waals surface area contributed by atoms with Gasteiger partial charge in [-0.05, 0) is 23.8 Å². The average Bonchev–Trinajstić information content (AvgIpc) is 2.18. The normalized spacial score (nSPS) is 9.69. The van der Waals surface area contributed by atoms with E-state index in [0.29, 0.717) is 16.9 Å². The third-order valence-electron chi connectivity index (χ3n) is 1.75. The minimum absolute atomic E-state index is 0.227. The van der Waals surface area contributed by atoms with Crippen LogP contribution in [0.25, 0.3) is 0 Å². The summed E-state index contributed by atoms with van der Waals surface area (Å²) in [6, 6.07) is 5.05. The molecule has 0 amide bonds. The standard InChI is InChI=1S/C9H11NO3/c1-13-9-3-2-7(6-11)8(4-9)5-10-12/h2-4,6,10,12H,5H2,1H3. The molecule has 0 heterocycles. The van der Waals surface area contributed by atoms with E-state index in [0.717, 1.165) is 6.29 Å². The molecular weight excluding hydrogens is 170 g/mol. The fourth-order valence-corrected chi connectivity index (χ4v) is 1.06. The third kappa shape index (κ3) is 2.27. The van der Waals surface area contributed by atoms with Crippen molar-refractivity contribution >= 4 is 6.29 Å². The first-order valence-electron chi connectivity index (χ1n) is 3.81. The number of ether oxygens (including phenoxy) is 1. The fourth-order valence-electron chi connectivity index (χ4n) is 1.06. The van der Waals surface area contributed by atoms with E-state index >= 15 is 0 Å². The minimum atomic E-state index is 0.227. The molecule has 1 rings (SSSR count). The van der Waals surface area contributed by atoms with Crippen molar-refractivity contribution in [1.82, 2.24) is 5.48 Å². The summed E-state index contributed by atoms with van der Waals surface area (Å²) in [4.78, 5) is 10.6. The lowest BCUT2D eigenvalue weighted by Gasteiger charge is -2.05. The molecule has 0 aliphatic carbocycles. The van der Waals surface area contributed by atoms with Crippen molar-refractivity contribution in [1.29, 1.82) is 0 Å². The molecule has 0 unspecified atom stereocenters. The molecule has 0 saturated heterocycles. The highest BCUT2D eigenvalue weighted by atomic mass is 16.5. The quantitative estimate of drug-likeness (QED) is 0.537. The molecule has 13 heavy (non-hydrogen) atoms. The zero-order valence-corrected chi connectivity index (χ0v) is 7.28. The summed E-state index contributed by atoms with van der Waals surface area (Å²) in [5.74, 6) is 0.663. The molecular formula is C9H11NO3. The fraction of sp³-hybridized carbons (Fsp3) is 0.222. The monoisotopic (exact) mass is 181 g/mol. The van der Waals surface area contributed by atoms with Gasteiger partial charge in [0.05, 0.1) is 7.11 Å². The Labute approximate surface area is 76.1 Å². The van der Waals surface area contributed by atoms with Crippen molar-refractivity contribution in [2.45, 2.75) is 6.54 Å². The van der Waals surface area contributed by atoms with Gasteiger partial charge in [-0.3, -0.25) is 4.79 Å². The second kappa shape index (κ2) is 4.59. The van der Waals surface area contributed by atoms with Crippen LogP contribution in [0.2, 0.25) is 0 Å². The lowest BCUT2D eigenvalue weighted by atomic mass is 10.1.